The number of aromatic nitrogens is 2. The third kappa shape index (κ3) is 6.47. The van der Waals surface area contributed by atoms with Gasteiger partial charge in [0.05, 0.1) is 56.2 Å². The largest absolute Gasteiger partial charge is 0.416 e. The molecule has 0 bridgehead atoms. The van der Waals surface area contributed by atoms with Crippen molar-refractivity contribution in [3.05, 3.63) is 192 Å². The molecule has 9 heteroatoms. The van der Waals surface area contributed by atoms with Gasteiger partial charge < -0.3 is 9.13 Å². The number of hydrogen-bond donors (Lipinski definition) is 0. The fourth-order valence-corrected chi connectivity index (χ4v) is 8.69. The number of fused-ring (bicyclic) bond motifs is 6. The molecule has 62 heavy (non-hydrogen) atoms. The van der Waals surface area contributed by atoms with Crippen molar-refractivity contribution in [2.45, 2.75) is 26.2 Å². The van der Waals surface area contributed by atoms with E-state index in [2.05, 4.69) is 54.6 Å². The molecule has 0 N–H and O–H groups in total. The lowest BCUT2D eigenvalue weighted by molar-refractivity contribution is -0.143. The highest BCUT2D eigenvalue weighted by Crippen LogP contribution is 2.44. The lowest BCUT2D eigenvalue weighted by Gasteiger charge is -2.20. The number of para-hydroxylation sites is 2. The Labute approximate surface area is 351 Å². The van der Waals surface area contributed by atoms with Crippen LogP contribution in [-0.4, -0.2) is 9.13 Å². The van der Waals surface area contributed by atoms with E-state index in [1.54, 1.807) is 12.1 Å². The van der Waals surface area contributed by atoms with Crippen LogP contribution in [0.25, 0.3) is 88.4 Å². The molecule has 0 atom stereocenters. The summed E-state index contributed by atoms with van der Waals surface area (Å²) in [4.78, 5) is 0. The Bertz CT molecular complexity index is 3420. The maximum Gasteiger partial charge on any atom is 0.416 e. The van der Waals surface area contributed by atoms with Gasteiger partial charge in [0.1, 0.15) is 0 Å². The molecule has 2 aromatic heterocycles. The molecule has 0 amide bonds. The van der Waals surface area contributed by atoms with Gasteiger partial charge in [-0.2, -0.15) is 31.6 Å². The summed E-state index contributed by atoms with van der Waals surface area (Å²) in [6.07, 6.45) is -10.2. The number of hydrogen-bond acceptors (Lipinski definition) is 1. The summed E-state index contributed by atoms with van der Waals surface area (Å²) in [5.74, 6) is 0. The van der Waals surface area contributed by atoms with Crippen molar-refractivity contribution in [2.24, 2.45) is 0 Å². The van der Waals surface area contributed by atoms with Crippen molar-refractivity contribution < 1.29 is 26.3 Å². The molecule has 0 unspecified atom stereocenters. The third-order valence-electron chi connectivity index (χ3n) is 11.7. The van der Waals surface area contributed by atoms with Crippen LogP contribution < -0.4 is 0 Å². The summed E-state index contributed by atoms with van der Waals surface area (Å²) in [7, 11) is 0. The van der Waals surface area contributed by atoms with Crippen LogP contribution in [0.2, 0.25) is 0 Å². The van der Waals surface area contributed by atoms with E-state index in [1.165, 1.54) is 0 Å². The van der Waals surface area contributed by atoms with Crippen molar-refractivity contribution in [2.75, 3.05) is 0 Å². The highest BCUT2D eigenvalue weighted by atomic mass is 19.4. The van der Waals surface area contributed by atoms with Gasteiger partial charge in [-0.25, -0.2) is 0 Å². The lowest BCUT2D eigenvalue weighted by Crippen LogP contribution is -2.11. The first-order valence-electron chi connectivity index (χ1n) is 19.9. The van der Waals surface area contributed by atoms with Crippen LogP contribution in [0.3, 0.4) is 0 Å². The second-order valence-electron chi connectivity index (χ2n) is 15.7. The van der Waals surface area contributed by atoms with E-state index < -0.39 is 23.5 Å². The number of halogens is 6. The zero-order valence-corrected chi connectivity index (χ0v) is 33.2. The van der Waals surface area contributed by atoms with Crippen molar-refractivity contribution in [1.29, 1.82) is 5.26 Å². The number of nitriles is 1. The van der Waals surface area contributed by atoms with E-state index in [0.29, 0.717) is 23.5 Å². The van der Waals surface area contributed by atoms with E-state index >= 15 is 0 Å². The van der Waals surface area contributed by atoms with Gasteiger partial charge in [-0.05, 0) is 108 Å². The quantitative estimate of drug-likeness (QED) is 0.159. The number of aryl methyl sites for hydroxylation is 2. The summed E-state index contributed by atoms with van der Waals surface area (Å²) in [5, 5.41) is 14.4. The van der Waals surface area contributed by atoms with Crippen LogP contribution in [0, 0.1) is 25.2 Å². The molecule has 2 heterocycles. The molecule has 0 aliphatic heterocycles. The third-order valence-corrected chi connectivity index (χ3v) is 11.7. The molecule has 0 saturated carbocycles. The number of nitrogens with zero attached hydrogens (tertiary/aromatic N) is 3. The molecule has 0 fully saturated rings. The molecular weight excluding hydrogens is 793 g/mol. The summed E-state index contributed by atoms with van der Waals surface area (Å²) in [6, 6.07) is 51.0. The van der Waals surface area contributed by atoms with Gasteiger partial charge >= 0.3 is 12.4 Å². The number of benzene rings is 8. The van der Waals surface area contributed by atoms with Gasteiger partial charge in [-0.15, -0.1) is 0 Å². The summed E-state index contributed by atoms with van der Waals surface area (Å²) in [6.45, 7) is 4.05. The zero-order valence-electron chi connectivity index (χ0n) is 33.2. The second-order valence-corrected chi connectivity index (χ2v) is 15.7. The number of alkyl halides is 6. The average molecular weight is 826 g/mol. The summed E-state index contributed by atoms with van der Waals surface area (Å²) >= 11 is 0. The van der Waals surface area contributed by atoms with Gasteiger partial charge in [0.15, 0.2) is 0 Å². The van der Waals surface area contributed by atoms with Crippen LogP contribution in [0.5, 0.6) is 0 Å². The molecule has 0 aliphatic rings. The molecule has 302 valence electrons. The molecule has 8 aromatic carbocycles. The van der Waals surface area contributed by atoms with Crippen LogP contribution in [-0.2, 0) is 12.4 Å². The first kappa shape index (κ1) is 38.6. The standard InChI is InChI=1S/C53H33F6N3/c1-31-11-15-33(16-12-31)35-19-21-48-44(25-35)41-7-3-5-9-46(41)61(48)50-27-38(30-60)43(37-23-39(52(54,55)56)28-40(24-37)53(57,58)59)29-51(50)62-47-10-6-4-8-42(47)45-26-36(20-22-49(45)62)34-17-13-32(2)14-18-34/h3-29H,1-2H3. The first-order chi connectivity index (χ1) is 29.8. The van der Waals surface area contributed by atoms with Crippen LogP contribution >= 0.6 is 0 Å². The minimum atomic E-state index is -5.09. The van der Waals surface area contributed by atoms with Crippen molar-refractivity contribution in [3.8, 4) is 50.8 Å². The molecule has 0 radical (unpaired) electrons. The Morgan fingerprint density at radius 1 is 0.403 bits per heavy atom. The second kappa shape index (κ2) is 14.3. The molecule has 10 aromatic rings. The maximum absolute atomic E-state index is 14.3. The predicted molar refractivity (Wildman–Crippen MR) is 236 cm³/mol. The summed E-state index contributed by atoms with van der Waals surface area (Å²) < 4.78 is 89.9. The smallest absolute Gasteiger partial charge is 0.307 e. The minimum Gasteiger partial charge on any atom is -0.307 e. The van der Waals surface area contributed by atoms with Crippen LogP contribution in [0.15, 0.2) is 164 Å². The molecule has 3 nitrogen and oxygen atoms in total. The van der Waals surface area contributed by atoms with E-state index in [0.717, 1.165) is 77.0 Å². The maximum atomic E-state index is 14.3. The van der Waals surface area contributed by atoms with Crippen molar-refractivity contribution in [3.63, 3.8) is 0 Å². The predicted octanol–water partition coefficient (Wildman–Crippen LogP) is 15.4. The Morgan fingerprint density at radius 3 is 1.24 bits per heavy atom. The molecule has 0 spiro atoms. The zero-order chi connectivity index (χ0) is 43.1. The van der Waals surface area contributed by atoms with E-state index in [4.69, 9.17) is 0 Å². The van der Waals surface area contributed by atoms with E-state index in [9.17, 15) is 31.6 Å². The van der Waals surface area contributed by atoms with E-state index in [-0.39, 0.29) is 22.8 Å². The molecule has 0 saturated heterocycles. The molecular formula is C53H33F6N3. The Kier molecular flexibility index (Phi) is 8.89. The Morgan fingerprint density at radius 2 is 0.806 bits per heavy atom. The van der Waals surface area contributed by atoms with E-state index in [1.807, 2.05) is 108 Å². The highest BCUT2D eigenvalue weighted by Gasteiger charge is 2.37. The van der Waals surface area contributed by atoms with Crippen molar-refractivity contribution >= 4 is 43.6 Å². The lowest BCUT2D eigenvalue weighted by atomic mass is 9.94. The minimum absolute atomic E-state index is 0.0764. The SMILES string of the molecule is Cc1ccc(-c2ccc3c(c2)c2ccccc2n3-c2cc(C#N)c(-c3cc(C(F)(F)F)cc(C(F)(F)F)c3)cc2-n2c3ccccc3c3cc(-c4ccc(C)cc4)ccc32)cc1. The normalized spacial score (nSPS) is 12.2. The van der Waals surface area contributed by atoms with Gasteiger partial charge in [-0.1, -0.05) is 108 Å². The van der Waals surface area contributed by atoms with Gasteiger partial charge in [0, 0.05) is 27.1 Å². The fourth-order valence-electron chi connectivity index (χ4n) is 8.69. The highest BCUT2D eigenvalue weighted by molar-refractivity contribution is 6.13. The molecule has 10 rings (SSSR count). The van der Waals surface area contributed by atoms with Crippen molar-refractivity contribution in [1.82, 2.24) is 9.13 Å². The van der Waals surface area contributed by atoms with Gasteiger partial charge in [0.2, 0.25) is 0 Å². The van der Waals surface area contributed by atoms with Crippen LogP contribution in [0.4, 0.5) is 26.3 Å². The monoisotopic (exact) mass is 825 g/mol. The Hall–Kier alpha value is -7.57. The topological polar surface area (TPSA) is 33.6 Å². The van der Waals surface area contributed by atoms with Crippen LogP contribution in [0.1, 0.15) is 27.8 Å². The first-order valence-corrected chi connectivity index (χ1v) is 19.9. The summed E-state index contributed by atoms with van der Waals surface area (Å²) in [5.41, 5.74) is 6.80. The Balaban J connectivity index is 1.32. The van der Waals surface area contributed by atoms with Gasteiger partial charge in [0.25, 0.3) is 0 Å². The number of rotatable bonds is 5. The fraction of sp³-hybridized carbons (Fsp3) is 0.0755. The average Bonchev–Trinajstić information content (AvgIpc) is 3.77. The molecule has 0 aliphatic carbocycles. The van der Waals surface area contributed by atoms with Gasteiger partial charge in [-0.3, -0.25) is 0 Å².